The van der Waals surface area contributed by atoms with E-state index in [4.69, 9.17) is 4.74 Å². The minimum atomic E-state index is 0.205. The third kappa shape index (κ3) is 3.61. The molecule has 1 aliphatic rings. The number of phenols is 1. The van der Waals surface area contributed by atoms with Crippen LogP contribution in [0.2, 0.25) is 0 Å². The van der Waals surface area contributed by atoms with Crippen LogP contribution in [0.15, 0.2) is 16.6 Å². The number of halogens is 1. The van der Waals surface area contributed by atoms with E-state index >= 15 is 0 Å². The largest absolute Gasteiger partial charge is 0.504 e. The van der Waals surface area contributed by atoms with Gasteiger partial charge in [-0.05, 0) is 37.4 Å². The second-order valence-corrected chi connectivity index (χ2v) is 5.96. The van der Waals surface area contributed by atoms with Crippen LogP contribution < -0.4 is 4.74 Å². The Labute approximate surface area is 122 Å². The maximum atomic E-state index is 10.1. The first-order valence-corrected chi connectivity index (χ1v) is 7.32. The first-order valence-electron chi connectivity index (χ1n) is 6.52. The molecule has 0 aliphatic carbocycles. The lowest BCUT2D eigenvalue weighted by atomic mass is 9.98. The first-order chi connectivity index (χ1) is 9.13. The van der Waals surface area contributed by atoms with E-state index in [2.05, 4.69) is 20.8 Å². The zero-order valence-corrected chi connectivity index (χ0v) is 12.7. The fraction of sp³-hybridized carbons (Fsp3) is 0.571. The summed E-state index contributed by atoms with van der Waals surface area (Å²) >= 11 is 3.43. The number of benzene rings is 1. The summed E-state index contributed by atoms with van der Waals surface area (Å²) in [5, 5.41) is 19.4. The van der Waals surface area contributed by atoms with Gasteiger partial charge in [-0.2, -0.15) is 0 Å². The molecule has 2 rings (SSSR count). The highest BCUT2D eigenvalue weighted by atomic mass is 79.9. The molecule has 0 saturated carbocycles. The second-order valence-electron chi connectivity index (χ2n) is 5.04. The molecule has 1 aromatic rings. The standard InChI is InChI=1S/C14H20BrNO3/c1-19-13-6-12(15)5-11(14(13)18)8-16-4-2-3-10(7-16)9-17/h5-6,10,17-18H,2-4,7-9H2,1H3. The molecule has 19 heavy (non-hydrogen) atoms. The minimum absolute atomic E-state index is 0.205. The molecule has 1 saturated heterocycles. The molecule has 106 valence electrons. The summed E-state index contributed by atoms with van der Waals surface area (Å²) in [6.45, 7) is 2.80. The average molecular weight is 330 g/mol. The zero-order chi connectivity index (χ0) is 13.8. The Bertz CT molecular complexity index is 439. The molecule has 1 atom stereocenters. The predicted molar refractivity (Wildman–Crippen MR) is 77.4 cm³/mol. The molecule has 5 heteroatoms. The molecule has 0 spiro atoms. The van der Waals surface area contributed by atoms with E-state index in [-0.39, 0.29) is 12.4 Å². The van der Waals surface area contributed by atoms with E-state index in [1.807, 2.05) is 6.07 Å². The number of likely N-dealkylation sites (tertiary alicyclic amines) is 1. The number of hydrogen-bond donors (Lipinski definition) is 2. The third-order valence-electron chi connectivity index (χ3n) is 3.59. The van der Waals surface area contributed by atoms with E-state index in [9.17, 15) is 10.2 Å². The van der Waals surface area contributed by atoms with Crippen molar-refractivity contribution in [3.8, 4) is 11.5 Å². The van der Waals surface area contributed by atoms with Crippen LogP contribution in [0, 0.1) is 5.92 Å². The lowest BCUT2D eigenvalue weighted by molar-refractivity contribution is 0.115. The third-order valence-corrected chi connectivity index (χ3v) is 4.05. The Morgan fingerprint density at radius 3 is 2.95 bits per heavy atom. The summed E-state index contributed by atoms with van der Waals surface area (Å²) in [7, 11) is 1.55. The summed E-state index contributed by atoms with van der Waals surface area (Å²) in [5.74, 6) is 1.04. The number of hydrogen-bond acceptors (Lipinski definition) is 4. The van der Waals surface area contributed by atoms with Crippen LogP contribution >= 0.6 is 15.9 Å². The van der Waals surface area contributed by atoms with Gasteiger partial charge in [-0.3, -0.25) is 4.90 Å². The molecule has 2 N–H and O–H groups in total. The van der Waals surface area contributed by atoms with Crippen molar-refractivity contribution in [1.29, 1.82) is 0 Å². The molecule has 0 radical (unpaired) electrons. The fourth-order valence-corrected chi connectivity index (χ4v) is 3.07. The van der Waals surface area contributed by atoms with Gasteiger partial charge in [0, 0.05) is 29.7 Å². The van der Waals surface area contributed by atoms with E-state index in [1.165, 1.54) is 0 Å². The number of aromatic hydroxyl groups is 1. The highest BCUT2D eigenvalue weighted by Crippen LogP contribution is 2.34. The summed E-state index contributed by atoms with van der Waals surface area (Å²) < 4.78 is 6.06. The van der Waals surface area contributed by atoms with Crippen molar-refractivity contribution in [2.24, 2.45) is 5.92 Å². The summed E-state index contributed by atoms with van der Waals surface area (Å²) in [5.41, 5.74) is 0.852. The molecule has 0 bridgehead atoms. The summed E-state index contributed by atoms with van der Waals surface area (Å²) in [6, 6.07) is 3.67. The molecule has 1 aromatic carbocycles. The highest BCUT2D eigenvalue weighted by molar-refractivity contribution is 9.10. The van der Waals surface area contributed by atoms with Gasteiger partial charge in [-0.1, -0.05) is 15.9 Å². The molecule has 1 unspecified atom stereocenters. The summed E-state index contributed by atoms with van der Waals surface area (Å²) in [4.78, 5) is 2.27. The van der Waals surface area contributed by atoms with Crippen LogP contribution in [0.4, 0.5) is 0 Å². The molecule has 0 aromatic heterocycles. The molecule has 1 fully saturated rings. The van der Waals surface area contributed by atoms with Gasteiger partial charge in [0.1, 0.15) is 0 Å². The number of aliphatic hydroxyl groups excluding tert-OH is 1. The van der Waals surface area contributed by atoms with Crippen molar-refractivity contribution in [3.05, 3.63) is 22.2 Å². The van der Waals surface area contributed by atoms with Crippen molar-refractivity contribution < 1.29 is 14.9 Å². The maximum Gasteiger partial charge on any atom is 0.162 e. The topological polar surface area (TPSA) is 52.9 Å². The van der Waals surface area contributed by atoms with Crippen LogP contribution in [0.3, 0.4) is 0 Å². The first kappa shape index (κ1) is 14.6. The van der Waals surface area contributed by atoms with Gasteiger partial charge in [0.05, 0.1) is 7.11 Å². The summed E-state index contributed by atoms with van der Waals surface area (Å²) in [6.07, 6.45) is 2.18. The van der Waals surface area contributed by atoms with E-state index in [0.717, 1.165) is 36.0 Å². The Kier molecular flexibility index (Phi) is 5.07. The molecular formula is C14H20BrNO3. The molecule has 0 amide bonds. The van der Waals surface area contributed by atoms with Crippen LogP contribution in [0.1, 0.15) is 18.4 Å². The smallest absolute Gasteiger partial charge is 0.162 e. The van der Waals surface area contributed by atoms with Crippen molar-refractivity contribution in [3.63, 3.8) is 0 Å². The van der Waals surface area contributed by atoms with Gasteiger partial charge in [-0.15, -0.1) is 0 Å². The lowest BCUT2D eigenvalue weighted by Gasteiger charge is -2.32. The Hall–Kier alpha value is -0.780. The second kappa shape index (κ2) is 6.59. The highest BCUT2D eigenvalue weighted by Gasteiger charge is 2.21. The number of aliphatic hydroxyl groups is 1. The van der Waals surface area contributed by atoms with Gasteiger partial charge in [0.2, 0.25) is 0 Å². The number of methoxy groups -OCH3 is 1. The van der Waals surface area contributed by atoms with Crippen molar-refractivity contribution in [2.45, 2.75) is 19.4 Å². The minimum Gasteiger partial charge on any atom is -0.504 e. The zero-order valence-electron chi connectivity index (χ0n) is 11.1. The number of nitrogens with zero attached hydrogens (tertiary/aromatic N) is 1. The Morgan fingerprint density at radius 2 is 2.26 bits per heavy atom. The number of phenolic OH excluding ortho intramolecular Hbond substituents is 1. The number of piperidine rings is 1. The molecule has 4 nitrogen and oxygen atoms in total. The predicted octanol–water partition coefficient (Wildman–Crippen LogP) is 2.37. The van der Waals surface area contributed by atoms with Crippen LogP contribution in [0.25, 0.3) is 0 Å². The van der Waals surface area contributed by atoms with Gasteiger partial charge in [0.15, 0.2) is 11.5 Å². The number of rotatable bonds is 4. The SMILES string of the molecule is COc1cc(Br)cc(CN2CCCC(CO)C2)c1O. The molecule has 1 heterocycles. The fourth-order valence-electron chi connectivity index (χ4n) is 2.59. The van der Waals surface area contributed by atoms with Gasteiger partial charge >= 0.3 is 0 Å². The van der Waals surface area contributed by atoms with Gasteiger partial charge in [-0.25, -0.2) is 0 Å². The van der Waals surface area contributed by atoms with E-state index < -0.39 is 0 Å². The van der Waals surface area contributed by atoms with Crippen molar-refractivity contribution >= 4 is 15.9 Å². The average Bonchev–Trinajstić information content (AvgIpc) is 2.42. The normalized spacial score (nSPS) is 20.5. The Balaban J connectivity index is 2.12. The number of ether oxygens (including phenoxy) is 1. The maximum absolute atomic E-state index is 10.1. The monoisotopic (exact) mass is 329 g/mol. The van der Waals surface area contributed by atoms with Crippen LogP contribution in [-0.2, 0) is 6.54 Å². The Morgan fingerprint density at radius 1 is 1.47 bits per heavy atom. The molecule has 1 aliphatic heterocycles. The molecular weight excluding hydrogens is 310 g/mol. The van der Waals surface area contributed by atoms with Crippen LogP contribution in [-0.4, -0.2) is 41.9 Å². The van der Waals surface area contributed by atoms with Gasteiger partial charge < -0.3 is 14.9 Å². The van der Waals surface area contributed by atoms with Crippen molar-refractivity contribution in [2.75, 3.05) is 26.8 Å². The van der Waals surface area contributed by atoms with Gasteiger partial charge in [0.25, 0.3) is 0 Å². The quantitative estimate of drug-likeness (QED) is 0.890. The van der Waals surface area contributed by atoms with Crippen molar-refractivity contribution in [1.82, 2.24) is 4.90 Å². The van der Waals surface area contributed by atoms with E-state index in [1.54, 1.807) is 13.2 Å². The van der Waals surface area contributed by atoms with E-state index in [0.29, 0.717) is 18.2 Å². The lowest BCUT2D eigenvalue weighted by Crippen LogP contribution is -2.36. The van der Waals surface area contributed by atoms with Crippen LogP contribution in [0.5, 0.6) is 11.5 Å².